The van der Waals surface area contributed by atoms with Gasteiger partial charge in [-0.3, -0.25) is 0 Å². The molecule has 4 nitrogen and oxygen atoms in total. The number of hydrogen-bond acceptors (Lipinski definition) is 4. The van der Waals surface area contributed by atoms with E-state index in [0.29, 0.717) is 0 Å². The number of benzene rings is 3. The minimum atomic E-state index is -1.37. The van der Waals surface area contributed by atoms with Crippen LogP contribution in [0.1, 0.15) is 170 Å². The van der Waals surface area contributed by atoms with Gasteiger partial charge in [0.2, 0.25) is 0 Å². The molecule has 0 saturated heterocycles. The fourth-order valence-electron chi connectivity index (χ4n) is 15.9. The fraction of sp³-hybridized carbons (Fsp3) is 0.587. The Kier molecular flexibility index (Phi) is 13.1. The SMILES string of the molecule is COc1cccc(CCC2=C3C[C@H](O)C[C@]3(C)CC([Si](C)(C)C)=C2C)c1.Cc1ccc2c(c1)CCC1=C3C[C@H](O)C[C@]3(C)CC[C@@]12C.Cc1ccc2c(c1)CCC1=C3C[C@H](O)C[C@]3(C)CC[C@]12C. The summed E-state index contributed by atoms with van der Waals surface area (Å²) in [6, 6.07) is 22.5. The van der Waals surface area contributed by atoms with Crippen LogP contribution in [-0.2, 0) is 30.1 Å². The van der Waals surface area contributed by atoms with Crippen LogP contribution in [0.15, 0.2) is 105 Å². The maximum atomic E-state index is 10.4. The predicted octanol–water partition coefficient (Wildman–Crippen LogP) is 14.6. The van der Waals surface area contributed by atoms with Gasteiger partial charge in [-0.1, -0.05) is 153 Å². The van der Waals surface area contributed by atoms with Crippen molar-refractivity contribution < 1.29 is 20.1 Å². The molecule has 11 rings (SSSR count). The van der Waals surface area contributed by atoms with Crippen LogP contribution in [0, 0.1) is 30.1 Å². The van der Waals surface area contributed by atoms with Crippen molar-refractivity contribution >= 4 is 8.07 Å². The number of aliphatic hydroxyl groups excluding tert-OH is 3. The third-order valence-electron chi connectivity index (χ3n) is 19.5. The lowest BCUT2D eigenvalue weighted by atomic mass is 9.56. The molecule has 3 fully saturated rings. The Morgan fingerprint density at radius 1 is 0.559 bits per heavy atom. The summed E-state index contributed by atoms with van der Waals surface area (Å²) < 4.78 is 5.38. The number of allylic oxidation sites excluding steroid dienone is 5. The Balaban J connectivity index is 0.000000128. The molecule has 3 N–H and O–H groups in total. The minimum Gasteiger partial charge on any atom is -0.497 e. The Labute approximate surface area is 412 Å². The third-order valence-corrected chi connectivity index (χ3v) is 21.9. The summed E-state index contributed by atoms with van der Waals surface area (Å²) >= 11 is 0. The van der Waals surface area contributed by atoms with E-state index in [0.717, 1.165) is 63.5 Å². The van der Waals surface area contributed by atoms with Crippen molar-refractivity contribution in [1.29, 1.82) is 0 Å². The molecule has 0 unspecified atom stereocenters. The monoisotopic (exact) mass is 935 g/mol. The highest BCUT2D eigenvalue weighted by Crippen LogP contribution is 2.62. The molecule has 3 aromatic rings. The lowest BCUT2D eigenvalue weighted by Gasteiger charge is -2.48. The summed E-state index contributed by atoms with van der Waals surface area (Å²) in [5, 5.41) is 32.5. The molecule has 0 aliphatic heterocycles. The Bertz CT molecular complexity index is 2490. The number of hydrogen-bond donors (Lipinski definition) is 3. The molecule has 0 heterocycles. The number of rotatable bonds is 5. The van der Waals surface area contributed by atoms with Gasteiger partial charge in [0, 0.05) is 10.8 Å². The standard InChI is InChI=1S/C23H34O2Si.2C20H26O/c1-16-20(11-10-17-8-7-9-19(12-17)25-3)21-13-18(24)14-23(21,2)15-22(16)26(4,5)6;2*1-13-4-6-16-14(10-13)5-7-17-18-11-15(21)12-19(18,2)8-9-20(16,17)3/h7-9,12,18,24H,10-11,13-15H2,1-6H3;2*4,6,10,15,21H,5,7-9,11-12H2,1-3H3/t18-,23+;15-,19-,20+;15-,19-,20-/m000/s1. The summed E-state index contributed by atoms with van der Waals surface area (Å²) in [6.45, 7) is 26.2. The van der Waals surface area contributed by atoms with Gasteiger partial charge in [0.25, 0.3) is 0 Å². The molecule has 8 aliphatic carbocycles. The van der Waals surface area contributed by atoms with E-state index in [2.05, 4.69) is 130 Å². The van der Waals surface area contributed by atoms with E-state index in [-0.39, 0.29) is 45.4 Å². The first kappa shape index (κ1) is 49.5. The van der Waals surface area contributed by atoms with Crippen molar-refractivity contribution in [3.05, 3.63) is 144 Å². The zero-order chi connectivity index (χ0) is 48.8. The van der Waals surface area contributed by atoms with Crippen LogP contribution >= 0.6 is 0 Å². The molecule has 0 aromatic heterocycles. The van der Waals surface area contributed by atoms with E-state index in [4.69, 9.17) is 4.74 Å². The second kappa shape index (κ2) is 18.0. The molecular weight excluding hydrogens is 849 g/mol. The molecule has 68 heavy (non-hydrogen) atoms. The van der Waals surface area contributed by atoms with Gasteiger partial charge in [0.05, 0.1) is 33.5 Å². The lowest BCUT2D eigenvalue weighted by Crippen LogP contribution is -2.38. The van der Waals surface area contributed by atoms with Gasteiger partial charge in [-0.2, -0.15) is 0 Å². The van der Waals surface area contributed by atoms with Gasteiger partial charge >= 0.3 is 0 Å². The maximum absolute atomic E-state index is 10.4. The zero-order valence-electron chi connectivity index (χ0n) is 44.3. The molecule has 3 aromatic carbocycles. The van der Waals surface area contributed by atoms with Crippen LogP contribution in [0.3, 0.4) is 0 Å². The van der Waals surface area contributed by atoms with Crippen molar-refractivity contribution in [2.24, 2.45) is 16.2 Å². The van der Waals surface area contributed by atoms with Crippen LogP contribution in [0.4, 0.5) is 0 Å². The maximum Gasteiger partial charge on any atom is 0.119 e. The zero-order valence-corrected chi connectivity index (χ0v) is 45.3. The Morgan fingerprint density at radius 3 is 1.53 bits per heavy atom. The molecule has 8 atom stereocenters. The summed E-state index contributed by atoms with van der Waals surface area (Å²) in [6.07, 6.45) is 18.1. The fourth-order valence-corrected chi connectivity index (χ4v) is 18.1. The minimum absolute atomic E-state index is 0.112. The number of methoxy groups -OCH3 is 1. The molecule has 8 aliphatic rings. The summed E-state index contributed by atoms with van der Waals surface area (Å²) in [5.41, 5.74) is 22.6. The highest BCUT2D eigenvalue weighted by molar-refractivity contribution is 6.83. The molecule has 5 heteroatoms. The van der Waals surface area contributed by atoms with Gasteiger partial charge in [-0.05, 0) is 192 Å². The smallest absolute Gasteiger partial charge is 0.119 e. The van der Waals surface area contributed by atoms with Crippen molar-refractivity contribution in [2.45, 2.75) is 213 Å². The van der Waals surface area contributed by atoms with Crippen LogP contribution < -0.4 is 4.74 Å². The highest BCUT2D eigenvalue weighted by atomic mass is 28.3. The second-order valence-corrected chi connectivity index (χ2v) is 30.7. The lowest BCUT2D eigenvalue weighted by molar-refractivity contribution is 0.156. The number of aryl methyl sites for hydroxylation is 5. The van der Waals surface area contributed by atoms with Crippen LogP contribution in [0.25, 0.3) is 0 Å². The van der Waals surface area contributed by atoms with E-state index in [1.165, 1.54) is 84.8 Å². The van der Waals surface area contributed by atoms with Gasteiger partial charge < -0.3 is 20.1 Å². The van der Waals surface area contributed by atoms with Crippen LogP contribution in [-0.4, -0.2) is 48.8 Å². The van der Waals surface area contributed by atoms with Gasteiger partial charge in [0.1, 0.15) is 5.75 Å². The number of ether oxygens (including phenoxy) is 1. The Morgan fingerprint density at radius 2 is 1.04 bits per heavy atom. The summed E-state index contributed by atoms with van der Waals surface area (Å²) in [7, 11) is 0.356. The topological polar surface area (TPSA) is 69.9 Å². The number of fused-ring (bicyclic) bond motifs is 9. The molecule has 0 bridgehead atoms. The first-order chi connectivity index (χ1) is 32.0. The van der Waals surface area contributed by atoms with Crippen molar-refractivity contribution in [2.75, 3.05) is 7.11 Å². The van der Waals surface area contributed by atoms with E-state index < -0.39 is 8.07 Å². The first-order valence-electron chi connectivity index (χ1n) is 26.7. The molecule has 0 amide bonds. The van der Waals surface area contributed by atoms with Crippen LogP contribution in [0.5, 0.6) is 5.75 Å². The largest absolute Gasteiger partial charge is 0.497 e. The quantitative estimate of drug-likeness (QED) is 0.176. The van der Waals surface area contributed by atoms with E-state index in [1.54, 1.807) is 56.9 Å². The molecule has 366 valence electrons. The van der Waals surface area contributed by atoms with Crippen molar-refractivity contribution in [3.8, 4) is 5.75 Å². The predicted molar refractivity (Wildman–Crippen MR) is 285 cm³/mol. The Hall–Kier alpha value is -3.48. The van der Waals surface area contributed by atoms with Crippen molar-refractivity contribution in [3.63, 3.8) is 0 Å². The summed E-state index contributed by atoms with van der Waals surface area (Å²) in [4.78, 5) is 0. The first-order valence-corrected chi connectivity index (χ1v) is 30.2. The number of aliphatic hydroxyl groups is 3. The van der Waals surface area contributed by atoms with E-state index in [9.17, 15) is 15.3 Å². The summed E-state index contributed by atoms with van der Waals surface area (Å²) in [5.74, 6) is 0.931. The van der Waals surface area contributed by atoms with Gasteiger partial charge in [-0.25, -0.2) is 0 Å². The van der Waals surface area contributed by atoms with Crippen molar-refractivity contribution in [1.82, 2.24) is 0 Å². The molecular formula is C63H86O4Si. The van der Waals surface area contributed by atoms with E-state index in [1.807, 2.05) is 6.07 Å². The normalized spacial score (nSPS) is 33.5. The molecule has 0 radical (unpaired) electrons. The molecule has 0 spiro atoms. The molecule has 3 saturated carbocycles. The second-order valence-electron chi connectivity index (χ2n) is 25.6. The highest BCUT2D eigenvalue weighted by Gasteiger charge is 2.52. The average molecular weight is 935 g/mol. The van der Waals surface area contributed by atoms with Crippen LogP contribution in [0.2, 0.25) is 19.6 Å². The van der Waals surface area contributed by atoms with Gasteiger partial charge in [0.15, 0.2) is 0 Å². The van der Waals surface area contributed by atoms with E-state index >= 15 is 0 Å². The average Bonchev–Trinajstić information content (AvgIpc) is 3.89. The van der Waals surface area contributed by atoms with Gasteiger partial charge in [-0.15, -0.1) is 0 Å². The third kappa shape index (κ3) is 8.85.